The molecule has 0 bridgehead atoms. The van der Waals surface area contributed by atoms with Crippen LogP contribution in [0.15, 0.2) is 30.3 Å². The molecule has 2 aromatic rings. The van der Waals surface area contributed by atoms with Gasteiger partial charge in [-0.2, -0.15) is 5.10 Å². The maximum absolute atomic E-state index is 5.57. The van der Waals surface area contributed by atoms with E-state index in [0.29, 0.717) is 11.7 Å². The van der Waals surface area contributed by atoms with Gasteiger partial charge in [-0.1, -0.05) is 32.0 Å². The lowest BCUT2D eigenvalue weighted by molar-refractivity contribution is 0.867. The van der Waals surface area contributed by atoms with E-state index in [0.717, 1.165) is 11.3 Å². The second kappa shape index (κ2) is 5.03. The van der Waals surface area contributed by atoms with Crippen LogP contribution in [-0.2, 0) is 0 Å². The van der Waals surface area contributed by atoms with Crippen molar-refractivity contribution in [3.63, 3.8) is 0 Å². The monoisotopic (exact) mass is 237 g/mol. The highest BCUT2D eigenvalue weighted by atomic mass is 35.5. The summed E-state index contributed by atoms with van der Waals surface area (Å²) in [5, 5.41) is 6.83. The lowest BCUT2D eigenvalue weighted by Gasteiger charge is -2.06. The molecule has 4 heteroatoms. The number of rotatable bonds is 2. The molecule has 0 aliphatic carbocycles. The van der Waals surface area contributed by atoms with Gasteiger partial charge in [0, 0.05) is 6.07 Å². The Hall–Kier alpha value is -1.48. The Bertz CT molecular complexity index is 463. The summed E-state index contributed by atoms with van der Waals surface area (Å²) in [6.07, 6.45) is 0. The predicted molar refractivity (Wildman–Crippen MR) is 69.8 cm³/mol. The SMILES string of the molecule is CC(C)c1cccc(-c2cc(N)n[nH]2)c1.Cl. The molecule has 0 radical (unpaired) electrons. The molecular weight excluding hydrogens is 222 g/mol. The number of nitrogens with one attached hydrogen (secondary N) is 1. The molecular formula is C12H16ClN3. The fourth-order valence-corrected chi connectivity index (χ4v) is 1.55. The second-order valence-corrected chi connectivity index (χ2v) is 3.99. The van der Waals surface area contributed by atoms with Crippen LogP contribution in [0.3, 0.4) is 0 Å². The molecule has 0 aliphatic rings. The van der Waals surface area contributed by atoms with Crippen LogP contribution in [0.1, 0.15) is 25.3 Å². The van der Waals surface area contributed by atoms with Crippen molar-refractivity contribution >= 4 is 18.2 Å². The third-order valence-electron chi connectivity index (χ3n) is 2.46. The molecule has 1 aromatic carbocycles. The number of hydrogen-bond acceptors (Lipinski definition) is 2. The lowest BCUT2D eigenvalue weighted by atomic mass is 10.00. The summed E-state index contributed by atoms with van der Waals surface area (Å²) < 4.78 is 0. The normalized spacial score (nSPS) is 10.2. The summed E-state index contributed by atoms with van der Waals surface area (Å²) >= 11 is 0. The molecule has 3 nitrogen and oxygen atoms in total. The molecule has 1 heterocycles. The first-order valence-electron chi connectivity index (χ1n) is 5.08. The van der Waals surface area contributed by atoms with Gasteiger partial charge < -0.3 is 5.73 Å². The first-order valence-corrected chi connectivity index (χ1v) is 5.08. The van der Waals surface area contributed by atoms with E-state index in [-0.39, 0.29) is 12.4 Å². The van der Waals surface area contributed by atoms with Crippen LogP contribution >= 0.6 is 12.4 Å². The van der Waals surface area contributed by atoms with E-state index in [9.17, 15) is 0 Å². The average Bonchev–Trinajstić information content (AvgIpc) is 2.65. The molecule has 2 rings (SSSR count). The van der Waals surface area contributed by atoms with Gasteiger partial charge in [-0.05, 0) is 23.1 Å². The fourth-order valence-electron chi connectivity index (χ4n) is 1.55. The number of hydrogen-bond donors (Lipinski definition) is 2. The van der Waals surface area contributed by atoms with Crippen LogP contribution in [0, 0.1) is 0 Å². The molecule has 0 unspecified atom stereocenters. The molecule has 0 fully saturated rings. The van der Waals surface area contributed by atoms with Crippen molar-refractivity contribution in [2.45, 2.75) is 19.8 Å². The standard InChI is InChI=1S/C12H15N3.ClH/c1-8(2)9-4-3-5-10(6-9)11-7-12(13)15-14-11;/h3-8H,1-2H3,(H3,13,14,15);1H. The van der Waals surface area contributed by atoms with Gasteiger partial charge in [0.25, 0.3) is 0 Å². The molecule has 0 saturated carbocycles. The second-order valence-electron chi connectivity index (χ2n) is 3.99. The maximum Gasteiger partial charge on any atom is 0.145 e. The van der Waals surface area contributed by atoms with E-state index in [4.69, 9.17) is 5.73 Å². The molecule has 86 valence electrons. The van der Waals surface area contributed by atoms with Gasteiger partial charge in [0.2, 0.25) is 0 Å². The van der Waals surface area contributed by atoms with Gasteiger partial charge in [-0.25, -0.2) is 0 Å². The number of H-pyrrole nitrogens is 1. The molecule has 0 spiro atoms. The van der Waals surface area contributed by atoms with Crippen LogP contribution in [-0.4, -0.2) is 10.2 Å². The van der Waals surface area contributed by atoms with Crippen molar-refractivity contribution < 1.29 is 0 Å². The predicted octanol–water partition coefficient (Wildman–Crippen LogP) is 3.20. The van der Waals surface area contributed by atoms with Gasteiger partial charge in [-0.3, -0.25) is 5.10 Å². The molecule has 16 heavy (non-hydrogen) atoms. The zero-order chi connectivity index (χ0) is 10.8. The van der Waals surface area contributed by atoms with Crippen LogP contribution in [0.4, 0.5) is 5.82 Å². The first-order chi connectivity index (χ1) is 7.16. The summed E-state index contributed by atoms with van der Waals surface area (Å²) in [6.45, 7) is 4.36. The Morgan fingerprint density at radius 3 is 2.56 bits per heavy atom. The Kier molecular flexibility index (Phi) is 3.96. The Morgan fingerprint density at radius 1 is 1.25 bits per heavy atom. The van der Waals surface area contributed by atoms with E-state index in [2.05, 4.69) is 48.3 Å². The summed E-state index contributed by atoms with van der Waals surface area (Å²) in [5.74, 6) is 1.06. The Labute approximate surface area is 101 Å². The summed E-state index contributed by atoms with van der Waals surface area (Å²) in [5.41, 5.74) is 8.99. The molecule has 1 aromatic heterocycles. The highest BCUT2D eigenvalue weighted by Crippen LogP contribution is 2.23. The number of nitrogen functional groups attached to an aromatic ring is 1. The van der Waals surface area contributed by atoms with E-state index in [1.807, 2.05) is 6.07 Å². The lowest BCUT2D eigenvalue weighted by Crippen LogP contribution is -1.87. The first kappa shape index (κ1) is 12.6. The molecule has 0 saturated heterocycles. The van der Waals surface area contributed by atoms with Crippen LogP contribution < -0.4 is 5.73 Å². The van der Waals surface area contributed by atoms with Gasteiger partial charge in [0.15, 0.2) is 0 Å². The topological polar surface area (TPSA) is 54.7 Å². The van der Waals surface area contributed by atoms with Crippen molar-refractivity contribution in [2.75, 3.05) is 5.73 Å². The van der Waals surface area contributed by atoms with Crippen molar-refractivity contribution in [1.29, 1.82) is 0 Å². The average molecular weight is 238 g/mol. The molecule has 0 amide bonds. The van der Waals surface area contributed by atoms with E-state index >= 15 is 0 Å². The summed E-state index contributed by atoms with van der Waals surface area (Å²) in [7, 11) is 0. The quantitative estimate of drug-likeness (QED) is 0.843. The minimum Gasteiger partial charge on any atom is -0.382 e. The highest BCUT2D eigenvalue weighted by molar-refractivity contribution is 5.85. The number of halogens is 1. The fraction of sp³-hybridized carbons (Fsp3) is 0.250. The zero-order valence-electron chi connectivity index (χ0n) is 9.40. The number of aromatic nitrogens is 2. The zero-order valence-corrected chi connectivity index (χ0v) is 10.2. The van der Waals surface area contributed by atoms with Crippen LogP contribution in [0.5, 0.6) is 0 Å². The smallest absolute Gasteiger partial charge is 0.145 e. The van der Waals surface area contributed by atoms with Gasteiger partial charge in [-0.15, -0.1) is 12.4 Å². The minimum atomic E-state index is 0. The Balaban J connectivity index is 0.00000128. The van der Waals surface area contributed by atoms with E-state index in [1.54, 1.807) is 0 Å². The van der Waals surface area contributed by atoms with Crippen LogP contribution in [0.25, 0.3) is 11.3 Å². The maximum atomic E-state index is 5.57. The number of nitrogens with zero attached hydrogens (tertiary/aromatic N) is 1. The van der Waals surface area contributed by atoms with Crippen molar-refractivity contribution in [3.8, 4) is 11.3 Å². The molecule has 3 N–H and O–H groups in total. The Morgan fingerprint density at radius 2 is 2.00 bits per heavy atom. The molecule has 0 aliphatic heterocycles. The highest BCUT2D eigenvalue weighted by Gasteiger charge is 2.04. The van der Waals surface area contributed by atoms with Gasteiger partial charge >= 0.3 is 0 Å². The van der Waals surface area contributed by atoms with Crippen molar-refractivity contribution in [2.24, 2.45) is 0 Å². The number of aromatic amines is 1. The van der Waals surface area contributed by atoms with E-state index in [1.165, 1.54) is 5.56 Å². The summed E-state index contributed by atoms with van der Waals surface area (Å²) in [6, 6.07) is 10.3. The number of nitrogens with two attached hydrogens (primary N) is 1. The number of benzene rings is 1. The number of anilines is 1. The molecule has 0 atom stereocenters. The van der Waals surface area contributed by atoms with Gasteiger partial charge in [0.1, 0.15) is 5.82 Å². The van der Waals surface area contributed by atoms with E-state index < -0.39 is 0 Å². The van der Waals surface area contributed by atoms with Crippen LogP contribution in [0.2, 0.25) is 0 Å². The third kappa shape index (κ3) is 2.55. The largest absolute Gasteiger partial charge is 0.382 e. The van der Waals surface area contributed by atoms with Gasteiger partial charge in [0.05, 0.1) is 5.69 Å². The third-order valence-corrected chi connectivity index (χ3v) is 2.46. The summed E-state index contributed by atoms with van der Waals surface area (Å²) in [4.78, 5) is 0. The van der Waals surface area contributed by atoms with Crippen molar-refractivity contribution in [3.05, 3.63) is 35.9 Å². The minimum absolute atomic E-state index is 0. The van der Waals surface area contributed by atoms with Crippen molar-refractivity contribution in [1.82, 2.24) is 10.2 Å².